The van der Waals surface area contributed by atoms with Crippen molar-refractivity contribution in [1.82, 2.24) is 30.6 Å². The fourth-order valence-corrected chi connectivity index (χ4v) is 5.20. The minimum atomic E-state index is -0.480. The minimum Gasteiger partial charge on any atom is -0.444 e. The fourth-order valence-electron chi connectivity index (χ4n) is 5.20. The number of ether oxygens (including phenoxy) is 1. The predicted octanol–water partition coefficient (Wildman–Crippen LogP) is 6.78. The standard InChI is InChI=1S/C34H42N6O4/c1-21-18-25(12-13-26(21)20-35-30(41)29-36-31(44-39-29)33(2,3)4)28-19-27(37-38-28)24-10-8-22(9-11-24)23-14-16-40(17-15-23)32(42)43-34(5,6)7/h8-13,18-19,23H,14-17,20H2,1-7H3,(H,35,41)(H,37,38). The van der Waals surface area contributed by atoms with Crippen LogP contribution >= 0.6 is 0 Å². The molecular weight excluding hydrogens is 556 g/mol. The molecule has 2 aromatic carbocycles. The normalized spacial score (nSPS) is 14.5. The van der Waals surface area contributed by atoms with E-state index in [1.807, 2.05) is 71.6 Å². The Balaban J connectivity index is 1.17. The molecule has 2 aromatic heterocycles. The first-order chi connectivity index (χ1) is 20.8. The Labute approximate surface area is 258 Å². The molecule has 0 spiro atoms. The van der Waals surface area contributed by atoms with E-state index in [-0.39, 0.29) is 23.2 Å². The van der Waals surface area contributed by atoms with E-state index < -0.39 is 5.60 Å². The molecule has 3 heterocycles. The molecule has 44 heavy (non-hydrogen) atoms. The first-order valence-corrected chi connectivity index (χ1v) is 15.1. The van der Waals surface area contributed by atoms with Crippen LogP contribution in [-0.2, 0) is 16.7 Å². The van der Waals surface area contributed by atoms with Gasteiger partial charge in [0, 0.05) is 30.6 Å². The molecule has 1 fully saturated rings. The highest BCUT2D eigenvalue weighted by Gasteiger charge is 2.28. The summed E-state index contributed by atoms with van der Waals surface area (Å²) in [5.41, 5.74) is 6.34. The number of hydrogen-bond acceptors (Lipinski definition) is 7. The van der Waals surface area contributed by atoms with Crippen molar-refractivity contribution >= 4 is 12.0 Å². The molecule has 0 aliphatic carbocycles. The van der Waals surface area contributed by atoms with Gasteiger partial charge in [-0.1, -0.05) is 62.3 Å². The summed E-state index contributed by atoms with van der Waals surface area (Å²) in [6.45, 7) is 15.3. The van der Waals surface area contributed by atoms with E-state index in [2.05, 4.69) is 56.0 Å². The third-order valence-electron chi connectivity index (χ3n) is 7.77. The van der Waals surface area contributed by atoms with Gasteiger partial charge in [-0.05, 0) is 80.8 Å². The number of aryl methyl sites for hydroxylation is 1. The van der Waals surface area contributed by atoms with Gasteiger partial charge in [0.25, 0.3) is 11.7 Å². The summed E-state index contributed by atoms with van der Waals surface area (Å²) in [6, 6.07) is 16.7. The molecule has 5 rings (SSSR count). The average Bonchev–Trinajstić information content (AvgIpc) is 3.67. The van der Waals surface area contributed by atoms with Crippen molar-refractivity contribution in [2.45, 2.75) is 84.8 Å². The highest BCUT2D eigenvalue weighted by atomic mass is 16.6. The van der Waals surface area contributed by atoms with Gasteiger partial charge in [0.1, 0.15) is 5.60 Å². The van der Waals surface area contributed by atoms with Crippen LogP contribution in [0.5, 0.6) is 0 Å². The van der Waals surface area contributed by atoms with Crippen LogP contribution in [0.25, 0.3) is 22.5 Å². The van der Waals surface area contributed by atoms with Crippen LogP contribution in [0, 0.1) is 6.92 Å². The second-order valence-corrected chi connectivity index (χ2v) is 13.5. The Kier molecular flexibility index (Phi) is 8.63. The van der Waals surface area contributed by atoms with E-state index >= 15 is 0 Å². The number of benzene rings is 2. The lowest BCUT2D eigenvalue weighted by molar-refractivity contribution is 0.0204. The Hall–Kier alpha value is -4.47. The maximum absolute atomic E-state index is 12.6. The lowest BCUT2D eigenvalue weighted by atomic mass is 9.89. The zero-order valence-electron chi connectivity index (χ0n) is 26.7. The Morgan fingerprint density at radius 1 is 1.00 bits per heavy atom. The minimum absolute atomic E-state index is 0.0323. The number of carbonyl (C=O) groups excluding carboxylic acids is 2. The number of likely N-dealkylation sites (tertiary alicyclic amines) is 1. The Bertz CT molecular complexity index is 1620. The van der Waals surface area contributed by atoms with Gasteiger partial charge in [-0.2, -0.15) is 10.1 Å². The van der Waals surface area contributed by atoms with Crippen molar-refractivity contribution in [3.63, 3.8) is 0 Å². The number of amides is 2. The third kappa shape index (κ3) is 7.35. The zero-order chi connectivity index (χ0) is 31.6. The SMILES string of the molecule is Cc1cc(-c2cc(-c3ccc(C4CCN(C(=O)OC(C)(C)C)CC4)cc3)[nH]n2)ccc1CNC(=O)c1noc(C(C)(C)C)n1. The van der Waals surface area contributed by atoms with Gasteiger partial charge in [0.2, 0.25) is 5.89 Å². The molecule has 0 radical (unpaired) electrons. The van der Waals surface area contributed by atoms with Gasteiger partial charge < -0.3 is 19.5 Å². The molecule has 1 aliphatic heterocycles. The number of rotatable bonds is 6. The number of nitrogens with zero attached hydrogens (tertiary/aromatic N) is 4. The topological polar surface area (TPSA) is 126 Å². The average molecular weight is 599 g/mol. The first-order valence-electron chi connectivity index (χ1n) is 15.1. The molecule has 2 N–H and O–H groups in total. The number of piperidine rings is 1. The van der Waals surface area contributed by atoms with Crippen LogP contribution in [0.3, 0.4) is 0 Å². The largest absolute Gasteiger partial charge is 0.444 e. The maximum atomic E-state index is 12.6. The molecule has 232 valence electrons. The molecule has 1 saturated heterocycles. The number of aromatic amines is 1. The molecule has 0 bridgehead atoms. The van der Waals surface area contributed by atoms with E-state index in [0.29, 0.717) is 31.4 Å². The highest BCUT2D eigenvalue weighted by molar-refractivity contribution is 5.90. The second-order valence-electron chi connectivity index (χ2n) is 13.5. The van der Waals surface area contributed by atoms with E-state index in [9.17, 15) is 9.59 Å². The van der Waals surface area contributed by atoms with Gasteiger partial charge in [-0.3, -0.25) is 9.89 Å². The van der Waals surface area contributed by atoms with Crippen LogP contribution in [0.15, 0.2) is 53.1 Å². The number of carbonyl (C=O) groups is 2. The Morgan fingerprint density at radius 3 is 2.30 bits per heavy atom. The van der Waals surface area contributed by atoms with E-state index in [1.165, 1.54) is 5.56 Å². The van der Waals surface area contributed by atoms with E-state index in [0.717, 1.165) is 46.5 Å². The molecule has 10 heteroatoms. The second kappa shape index (κ2) is 12.3. The van der Waals surface area contributed by atoms with Crippen molar-refractivity contribution < 1.29 is 18.8 Å². The van der Waals surface area contributed by atoms with Gasteiger partial charge in [-0.25, -0.2) is 4.79 Å². The third-order valence-corrected chi connectivity index (χ3v) is 7.77. The van der Waals surface area contributed by atoms with Crippen molar-refractivity contribution in [3.8, 4) is 22.5 Å². The first kappa shape index (κ1) is 31.0. The summed E-state index contributed by atoms with van der Waals surface area (Å²) in [5.74, 6) is 0.501. The van der Waals surface area contributed by atoms with Crippen LogP contribution in [0.1, 0.15) is 93.5 Å². The number of hydrogen-bond donors (Lipinski definition) is 2. The number of H-pyrrole nitrogens is 1. The molecule has 0 unspecified atom stereocenters. The smallest absolute Gasteiger partial charge is 0.410 e. The number of aromatic nitrogens is 4. The quantitative estimate of drug-likeness (QED) is 0.251. The summed E-state index contributed by atoms with van der Waals surface area (Å²) in [5, 5.41) is 14.4. The van der Waals surface area contributed by atoms with Gasteiger partial charge in [-0.15, -0.1) is 0 Å². The molecule has 2 amide bonds. The summed E-state index contributed by atoms with van der Waals surface area (Å²) in [4.78, 5) is 31.0. The molecule has 0 atom stereocenters. The van der Waals surface area contributed by atoms with Crippen LogP contribution < -0.4 is 5.32 Å². The van der Waals surface area contributed by atoms with Crippen LogP contribution in [0.2, 0.25) is 0 Å². The van der Waals surface area contributed by atoms with Gasteiger partial charge >= 0.3 is 6.09 Å². The lowest BCUT2D eigenvalue weighted by Crippen LogP contribution is -2.41. The summed E-state index contributed by atoms with van der Waals surface area (Å²) in [6.07, 6.45) is 1.61. The van der Waals surface area contributed by atoms with Crippen molar-refractivity contribution in [2.24, 2.45) is 0 Å². The predicted molar refractivity (Wildman–Crippen MR) is 168 cm³/mol. The summed E-state index contributed by atoms with van der Waals surface area (Å²) in [7, 11) is 0. The fraction of sp³-hybridized carbons (Fsp3) is 0.441. The monoisotopic (exact) mass is 598 g/mol. The highest BCUT2D eigenvalue weighted by Crippen LogP contribution is 2.31. The van der Waals surface area contributed by atoms with Crippen molar-refractivity contribution in [3.05, 3.63) is 76.9 Å². The summed E-state index contributed by atoms with van der Waals surface area (Å²) >= 11 is 0. The van der Waals surface area contributed by atoms with E-state index in [4.69, 9.17) is 9.26 Å². The maximum Gasteiger partial charge on any atom is 0.410 e. The van der Waals surface area contributed by atoms with Gasteiger partial charge in [0.15, 0.2) is 0 Å². The van der Waals surface area contributed by atoms with Crippen molar-refractivity contribution in [2.75, 3.05) is 13.1 Å². The molecule has 10 nitrogen and oxygen atoms in total. The van der Waals surface area contributed by atoms with E-state index in [1.54, 1.807) is 0 Å². The summed E-state index contributed by atoms with van der Waals surface area (Å²) < 4.78 is 10.8. The zero-order valence-corrected chi connectivity index (χ0v) is 26.7. The molecule has 1 aliphatic rings. The van der Waals surface area contributed by atoms with Crippen LogP contribution in [-0.4, -0.2) is 55.9 Å². The molecule has 4 aromatic rings. The van der Waals surface area contributed by atoms with Gasteiger partial charge in [0.05, 0.1) is 11.4 Å². The lowest BCUT2D eigenvalue weighted by Gasteiger charge is -2.33. The number of nitrogens with one attached hydrogen (secondary N) is 2. The van der Waals surface area contributed by atoms with Crippen LogP contribution in [0.4, 0.5) is 4.79 Å². The Morgan fingerprint density at radius 2 is 1.68 bits per heavy atom. The molecule has 0 saturated carbocycles. The molecular formula is C34H42N6O4. The van der Waals surface area contributed by atoms with Crippen molar-refractivity contribution in [1.29, 1.82) is 0 Å².